The highest BCUT2D eigenvalue weighted by Crippen LogP contribution is 2.12. The quantitative estimate of drug-likeness (QED) is 0.361. The van der Waals surface area contributed by atoms with Crippen molar-refractivity contribution in [1.82, 2.24) is 15.6 Å². The fraction of sp³-hybridized carbons (Fsp3) is 0.455. The van der Waals surface area contributed by atoms with E-state index in [1.807, 2.05) is 24.4 Å². The van der Waals surface area contributed by atoms with Gasteiger partial charge in [0.25, 0.3) is 0 Å². The van der Waals surface area contributed by atoms with Crippen molar-refractivity contribution in [3.8, 4) is 5.75 Å². The number of aliphatic imine (C=N–C) groups is 1. The van der Waals surface area contributed by atoms with Gasteiger partial charge in [0.05, 0.1) is 6.61 Å². The molecule has 0 amide bonds. The van der Waals surface area contributed by atoms with Crippen LogP contribution in [0.2, 0.25) is 0 Å². The second-order valence-electron chi connectivity index (χ2n) is 6.35. The van der Waals surface area contributed by atoms with Crippen LogP contribution in [0, 0.1) is 0 Å². The molecule has 0 fully saturated rings. The number of benzene rings is 1. The number of unbranched alkanes of at least 4 members (excludes halogenated alkanes) is 1. The molecule has 0 bridgehead atoms. The zero-order chi connectivity index (χ0) is 19.2. The average molecular weight is 369 g/mol. The first kappa shape index (κ1) is 20.7. The van der Waals surface area contributed by atoms with E-state index in [1.54, 1.807) is 0 Å². The maximum Gasteiger partial charge on any atom is 0.191 e. The van der Waals surface area contributed by atoms with Crippen molar-refractivity contribution >= 4 is 5.96 Å². The molecule has 0 atom stereocenters. The van der Waals surface area contributed by atoms with E-state index in [-0.39, 0.29) is 0 Å². The zero-order valence-electron chi connectivity index (χ0n) is 16.6. The summed E-state index contributed by atoms with van der Waals surface area (Å²) in [6, 6.07) is 14.3. The van der Waals surface area contributed by atoms with E-state index in [0.717, 1.165) is 69.3 Å². The van der Waals surface area contributed by atoms with Crippen molar-refractivity contribution in [2.45, 2.75) is 39.5 Å². The molecular formula is C22H32N4O. The monoisotopic (exact) mass is 368 g/mol. The van der Waals surface area contributed by atoms with Gasteiger partial charge in [-0.05, 0) is 49.6 Å². The maximum atomic E-state index is 5.71. The van der Waals surface area contributed by atoms with E-state index in [2.05, 4.69) is 58.7 Å². The molecule has 0 spiro atoms. The molecule has 1 aromatic heterocycles. The average Bonchev–Trinajstić information content (AvgIpc) is 2.70. The summed E-state index contributed by atoms with van der Waals surface area (Å²) in [5, 5.41) is 6.69. The second kappa shape index (κ2) is 12.7. The van der Waals surface area contributed by atoms with Crippen molar-refractivity contribution in [3.63, 3.8) is 0 Å². The van der Waals surface area contributed by atoms with Gasteiger partial charge >= 0.3 is 0 Å². The number of nitrogens with zero attached hydrogens (tertiary/aromatic N) is 2. The zero-order valence-corrected chi connectivity index (χ0v) is 16.6. The van der Waals surface area contributed by atoms with E-state index in [4.69, 9.17) is 4.74 Å². The maximum absolute atomic E-state index is 5.71. The molecule has 0 aliphatic carbocycles. The molecule has 0 aliphatic rings. The molecule has 2 aromatic rings. The molecule has 0 radical (unpaired) electrons. The van der Waals surface area contributed by atoms with Gasteiger partial charge in [-0.1, -0.05) is 31.5 Å². The van der Waals surface area contributed by atoms with E-state index in [1.165, 1.54) is 5.56 Å². The standard InChI is InChI=1S/C22H32N4O/c1-3-5-18-27-21-11-9-19(10-12-21)13-16-25-22(23-4-2)26-17-14-20-8-6-7-15-24-20/h6-12,15H,3-5,13-14,16-18H2,1-2H3,(H2,23,25,26). The van der Waals surface area contributed by atoms with Crippen molar-refractivity contribution < 1.29 is 4.74 Å². The SMILES string of the molecule is CCCCOc1ccc(CCNC(=NCCc2ccccn2)NCC)cc1. The summed E-state index contributed by atoms with van der Waals surface area (Å²) >= 11 is 0. The van der Waals surface area contributed by atoms with Crippen LogP contribution in [0.25, 0.3) is 0 Å². The second-order valence-corrected chi connectivity index (χ2v) is 6.35. The lowest BCUT2D eigenvalue weighted by Crippen LogP contribution is -2.38. The van der Waals surface area contributed by atoms with E-state index in [0.29, 0.717) is 0 Å². The highest BCUT2D eigenvalue weighted by Gasteiger charge is 2.00. The summed E-state index contributed by atoms with van der Waals surface area (Å²) in [4.78, 5) is 8.96. The van der Waals surface area contributed by atoms with Gasteiger partial charge < -0.3 is 15.4 Å². The van der Waals surface area contributed by atoms with Crippen LogP contribution in [-0.2, 0) is 12.8 Å². The summed E-state index contributed by atoms with van der Waals surface area (Å²) < 4.78 is 5.71. The Hall–Kier alpha value is -2.56. The molecule has 146 valence electrons. The third-order valence-corrected chi connectivity index (χ3v) is 4.10. The molecule has 5 heteroatoms. The van der Waals surface area contributed by atoms with Crippen LogP contribution in [-0.4, -0.2) is 37.2 Å². The Labute approximate surface area is 163 Å². The van der Waals surface area contributed by atoms with Crippen LogP contribution in [0.4, 0.5) is 0 Å². The minimum absolute atomic E-state index is 0.718. The number of hydrogen-bond acceptors (Lipinski definition) is 3. The Morgan fingerprint density at radius 3 is 2.59 bits per heavy atom. The van der Waals surface area contributed by atoms with Crippen LogP contribution in [0.5, 0.6) is 5.75 Å². The van der Waals surface area contributed by atoms with Crippen molar-refractivity contribution in [3.05, 3.63) is 59.9 Å². The molecule has 0 saturated carbocycles. The van der Waals surface area contributed by atoms with Gasteiger partial charge in [-0.15, -0.1) is 0 Å². The molecule has 1 heterocycles. The number of pyridine rings is 1. The lowest BCUT2D eigenvalue weighted by Gasteiger charge is -2.11. The Bertz CT molecular complexity index is 656. The summed E-state index contributed by atoms with van der Waals surface area (Å²) in [6.45, 7) is 7.44. The topological polar surface area (TPSA) is 58.5 Å². The number of ether oxygens (including phenoxy) is 1. The van der Waals surface area contributed by atoms with Gasteiger partial charge in [0.1, 0.15) is 5.75 Å². The molecule has 0 aliphatic heterocycles. The Kier molecular flexibility index (Phi) is 9.79. The van der Waals surface area contributed by atoms with Crippen molar-refractivity contribution in [2.24, 2.45) is 4.99 Å². The third kappa shape index (κ3) is 8.58. The lowest BCUT2D eigenvalue weighted by atomic mass is 10.1. The molecular weight excluding hydrogens is 336 g/mol. The predicted octanol–water partition coefficient (Wildman–Crippen LogP) is 3.60. The normalized spacial score (nSPS) is 11.3. The first-order chi connectivity index (χ1) is 13.3. The number of aromatic nitrogens is 1. The first-order valence-electron chi connectivity index (χ1n) is 9.95. The predicted molar refractivity (Wildman–Crippen MR) is 112 cm³/mol. The van der Waals surface area contributed by atoms with E-state index in [9.17, 15) is 0 Å². The Morgan fingerprint density at radius 2 is 1.89 bits per heavy atom. The minimum Gasteiger partial charge on any atom is -0.494 e. The van der Waals surface area contributed by atoms with E-state index < -0.39 is 0 Å². The molecule has 0 unspecified atom stereocenters. The van der Waals surface area contributed by atoms with Gasteiger partial charge in [0.2, 0.25) is 0 Å². The molecule has 1 aromatic carbocycles. The largest absolute Gasteiger partial charge is 0.494 e. The van der Waals surface area contributed by atoms with Crippen LogP contribution >= 0.6 is 0 Å². The molecule has 2 N–H and O–H groups in total. The number of rotatable bonds is 11. The molecule has 5 nitrogen and oxygen atoms in total. The highest BCUT2D eigenvalue weighted by molar-refractivity contribution is 5.79. The van der Waals surface area contributed by atoms with Gasteiger partial charge in [-0.25, -0.2) is 0 Å². The lowest BCUT2D eigenvalue weighted by molar-refractivity contribution is 0.309. The van der Waals surface area contributed by atoms with Crippen LogP contribution in [0.3, 0.4) is 0 Å². The summed E-state index contributed by atoms with van der Waals surface area (Å²) in [5.41, 5.74) is 2.35. The van der Waals surface area contributed by atoms with Gasteiger partial charge in [0.15, 0.2) is 5.96 Å². The molecule has 27 heavy (non-hydrogen) atoms. The number of nitrogens with one attached hydrogen (secondary N) is 2. The van der Waals surface area contributed by atoms with Crippen LogP contribution in [0.1, 0.15) is 37.9 Å². The van der Waals surface area contributed by atoms with Gasteiger partial charge in [-0.3, -0.25) is 9.98 Å². The summed E-state index contributed by atoms with van der Waals surface area (Å²) in [7, 11) is 0. The Balaban J connectivity index is 1.73. The highest BCUT2D eigenvalue weighted by atomic mass is 16.5. The summed E-state index contributed by atoms with van der Waals surface area (Å²) in [6.07, 6.45) is 5.86. The number of hydrogen-bond donors (Lipinski definition) is 2. The van der Waals surface area contributed by atoms with Crippen LogP contribution in [0.15, 0.2) is 53.7 Å². The van der Waals surface area contributed by atoms with Crippen molar-refractivity contribution in [1.29, 1.82) is 0 Å². The minimum atomic E-state index is 0.718. The van der Waals surface area contributed by atoms with Crippen LogP contribution < -0.4 is 15.4 Å². The number of guanidine groups is 1. The van der Waals surface area contributed by atoms with E-state index >= 15 is 0 Å². The first-order valence-corrected chi connectivity index (χ1v) is 9.95. The van der Waals surface area contributed by atoms with Gasteiger partial charge in [-0.2, -0.15) is 0 Å². The van der Waals surface area contributed by atoms with Gasteiger partial charge in [0, 0.05) is 37.9 Å². The molecule has 0 saturated heterocycles. The fourth-order valence-corrected chi connectivity index (χ4v) is 2.58. The fourth-order valence-electron chi connectivity index (χ4n) is 2.58. The molecule has 2 rings (SSSR count). The third-order valence-electron chi connectivity index (χ3n) is 4.10. The Morgan fingerprint density at radius 1 is 1.04 bits per heavy atom. The van der Waals surface area contributed by atoms with Crippen molar-refractivity contribution in [2.75, 3.05) is 26.2 Å². The summed E-state index contributed by atoms with van der Waals surface area (Å²) in [5.74, 6) is 1.80. The smallest absolute Gasteiger partial charge is 0.191 e.